The van der Waals surface area contributed by atoms with E-state index in [9.17, 15) is 4.39 Å². The molecule has 1 aromatic rings. The van der Waals surface area contributed by atoms with Crippen LogP contribution in [0.15, 0.2) is 12.1 Å². The van der Waals surface area contributed by atoms with Crippen molar-refractivity contribution in [2.75, 3.05) is 18.1 Å². The van der Waals surface area contributed by atoms with Gasteiger partial charge in [-0.1, -0.05) is 11.6 Å². The zero-order valence-electron chi connectivity index (χ0n) is 5.99. The van der Waals surface area contributed by atoms with Gasteiger partial charge in [-0.25, -0.2) is 4.39 Å². The van der Waals surface area contributed by atoms with E-state index in [1.165, 1.54) is 12.1 Å². The molecule has 2 nitrogen and oxygen atoms in total. The Bertz CT molecular complexity index is 275. The summed E-state index contributed by atoms with van der Waals surface area (Å²) >= 11 is 5.46. The highest BCUT2D eigenvalue weighted by Crippen LogP contribution is 2.25. The van der Waals surface area contributed by atoms with Crippen LogP contribution >= 0.6 is 11.6 Å². The third-order valence-corrected chi connectivity index (χ3v) is 1.65. The van der Waals surface area contributed by atoms with Crippen LogP contribution < -0.4 is 11.1 Å². The van der Waals surface area contributed by atoms with Gasteiger partial charge in [0.25, 0.3) is 0 Å². The molecular formula is C7H8ClFN2. The molecule has 0 heterocycles. The van der Waals surface area contributed by atoms with Crippen molar-refractivity contribution in [1.29, 1.82) is 0 Å². The normalized spacial score (nSPS) is 9.73. The van der Waals surface area contributed by atoms with Gasteiger partial charge in [-0.15, -0.1) is 0 Å². The molecule has 4 heteroatoms. The monoisotopic (exact) mass is 174 g/mol. The van der Waals surface area contributed by atoms with E-state index in [1.54, 1.807) is 7.05 Å². The number of benzene rings is 1. The molecule has 0 spiro atoms. The number of hydrogen-bond donors (Lipinski definition) is 2. The topological polar surface area (TPSA) is 38.0 Å². The van der Waals surface area contributed by atoms with Gasteiger partial charge in [0.1, 0.15) is 5.82 Å². The van der Waals surface area contributed by atoms with Crippen LogP contribution in [0.3, 0.4) is 0 Å². The average molecular weight is 175 g/mol. The Labute approximate surface area is 69.2 Å². The van der Waals surface area contributed by atoms with E-state index in [0.29, 0.717) is 11.4 Å². The molecular weight excluding hydrogens is 167 g/mol. The molecule has 0 aliphatic heterocycles. The minimum absolute atomic E-state index is 0.0431. The Balaban J connectivity index is 3.21. The molecule has 0 aromatic heterocycles. The Morgan fingerprint density at radius 3 is 2.73 bits per heavy atom. The van der Waals surface area contributed by atoms with Crippen LogP contribution in [0.4, 0.5) is 15.8 Å². The fraction of sp³-hybridized carbons (Fsp3) is 0.143. The lowest BCUT2D eigenvalue weighted by molar-refractivity contribution is 0.629. The van der Waals surface area contributed by atoms with Gasteiger partial charge in [0.15, 0.2) is 0 Å². The molecule has 0 bridgehead atoms. The number of halogens is 2. The lowest BCUT2D eigenvalue weighted by Gasteiger charge is -2.04. The highest BCUT2D eigenvalue weighted by atomic mass is 35.5. The zero-order chi connectivity index (χ0) is 8.43. The summed E-state index contributed by atoms with van der Waals surface area (Å²) in [4.78, 5) is 0. The lowest BCUT2D eigenvalue weighted by Crippen LogP contribution is -1.96. The highest BCUT2D eigenvalue weighted by molar-refractivity contribution is 6.31. The molecule has 0 saturated heterocycles. The van der Waals surface area contributed by atoms with Crippen LogP contribution in [0.25, 0.3) is 0 Å². The second kappa shape index (κ2) is 2.96. The van der Waals surface area contributed by atoms with E-state index < -0.39 is 5.82 Å². The molecule has 0 aliphatic carbocycles. The first-order chi connectivity index (χ1) is 5.15. The number of nitrogens with two attached hydrogens (primary N) is 1. The molecule has 0 saturated carbocycles. The van der Waals surface area contributed by atoms with Crippen LogP contribution in [0.5, 0.6) is 0 Å². The molecule has 0 amide bonds. The Hall–Kier alpha value is -0.960. The second-order valence-corrected chi connectivity index (χ2v) is 2.51. The van der Waals surface area contributed by atoms with E-state index in [4.69, 9.17) is 17.3 Å². The van der Waals surface area contributed by atoms with E-state index in [1.807, 2.05) is 0 Å². The van der Waals surface area contributed by atoms with Gasteiger partial charge in [0, 0.05) is 13.1 Å². The Morgan fingerprint density at radius 2 is 2.18 bits per heavy atom. The summed E-state index contributed by atoms with van der Waals surface area (Å²) in [5, 5.41) is 2.78. The van der Waals surface area contributed by atoms with Gasteiger partial charge in [-0.05, 0) is 6.07 Å². The fourth-order valence-electron chi connectivity index (χ4n) is 0.779. The average Bonchev–Trinajstić information content (AvgIpc) is 1.97. The van der Waals surface area contributed by atoms with Crippen molar-refractivity contribution in [3.05, 3.63) is 23.0 Å². The van der Waals surface area contributed by atoms with E-state index in [0.717, 1.165) is 0 Å². The first-order valence-electron chi connectivity index (χ1n) is 3.07. The van der Waals surface area contributed by atoms with Crippen molar-refractivity contribution in [2.24, 2.45) is 0 Å². The van der Waals surface area contributed by atoms with Gasteiger partial charge >= 0.3 is 0 Å². The molecule has 1 rings (SSSR count). The first kappa shape index (κ1) is 8.14. The second-order valence-electron chi connectivity index (χ2n) is 2.10. The van der Waals surface area contributed by atoms with Crippen molar-refractivity contribution in [1.82, 2.24) is 0 Å². The van der Waals surface area contributed by atoms with Crippen molar-refractivity contribution >= 4 is 23.0 Å². The van der Waals surface area contributed by atoms with Gasteiger partial charge in [0.2, 0.25) is 0 Å². The molecule has 0 atom stereocenters. The molecule has 0 aliphatic rings. The number of nitrogen functional groups attached to an aromatic ring is 1. The third-order valence-electron chi connectivity index (χ3n) is 1.36. The predicted molar refractivity (Wildman–Crippen MR) is 45.4 cm³/mol. The summed E-state index contributed by atoms with van der Waals surface area (Å²) in [5.74, 6) is -0.467. The minimum Gasteiger partial charge on any atom is -0.397 e. The summed E-state index contributed by atoms with van der Waals surface area (Å²) in [5.41, 5.74) is 6.48. The molecule has 11 heavy (non-hydrogen) atoms. The molecule has 60 valence electrons. The van der Waals surface area contributed by atoms with Gasteiger partial charge in [-0.3, -0.25) is 0 Å². The Morgan fingerprint density at radius 1 is 1.55 bits per heavy atom. The SMILES string of the molecule is CNc1cc(F)c(Cl)cc1N. The van der Waals surface area contributed by atoms with Gasteiger partial charge in [-0.2, -0.15) is 0 Å². The quantitative estimate of drug-likeness (QED) is 0.640. The van der Waals surface area contributed by atoms with Crippen molar-refractivity contribution in [3.8, 4) is 0 Å². The number of nitrogens with one attached hydrogen (secondary N) is 1. The molecule has 0 fully saturated rings. The first-order valence-corrected chi connectivity index (χ1v) is 3.45. The largest absolute Gasteiger partial charge is 0.397 e. The maximum atomic E-state index is 12.7. The van der Waals surface area contributed by atoms with Crippen molar-refractivity contribution < 1.29 is 4.39 Å². The predicted octanol–water partition coefficient (Wildman–Crippen LogP) is 2.10. The van der Waals surface area contributed by atoms with E-state index in [-0.39, 0.29) is 5.02 Å². The summed E-state index contributed by atoms with van der Waals surface area (Å²) in [6.45, 7) is 0. The van der Waals surface area contributed by atoms with Gasteiger partial charge < -0.3 is 11.1 Å². The lowest BCUT2D eigenvalue weighted by atomic mass is 10.2. The summed E-state index contributed by atoms with van der Waals surface area (Å²) in [7, 11) is 1.67. The summed E-state index contributed by atoms with van der Waals surface area (Å²) in [6.07, 6.45) is 0. The highest BCUT2D eigenvalue weighted by Gasteiger charge is 2.03. The minimum atomic E-state index is -0.467. The molecule has 0 unspecified atom stereocenters. The smallest absolute Gasteiger partial charge is 0.143 e. The molecule has 0 radical (unpaired) electrons. The maximum Gasteiger partial charge on any atom is 0.143 e. The molecule has 3 N–H and O–H groups in total. The molecule has 1 aromatic carbocycles. The summed E-state index contributed by atoms with van der Waals surface area (Å²) < 4.78 is 12.7. The Kier molecular flexibility index (Phi) is 2.19. The van der Waals surface area contributed by atoms with E-state index in [2.05, 4.69) is 5.32 Å². The fourth-order valence-corrected chi connectivity index (χ4v) is 0.951. The van der Waals surface area contributed by atoms with Crippen molar-refractivity contribution in [2.45, 2.75) is 0 Å². The standard InChI is InChI=1S/C7H8ClFN2/c1-11-7-3-5(9)4(8)2-6(7)10/h2-3,11H,10H2,1H3. The van der Waals surface area contributed by atoms with Crippen LogP contribution in [-0.2, 0) is 0 Å². The van der Waals surface area contributed by atoms with Crippen molar-refractivity contribution in [3.63, 3.8) is 0 Å². The maximum absolute atomic E-state index is 12.7. The van der Waals surface area contributed by atoms with Crippen LogP contribution in [0.2, 0.25) is 5.02 Å². The van der Waals surface area contributed by atoms with Gasteiger partial charge in [0.05, 0.1) is 16.4 Å². The summed E-state index contributed by atoms with van der Waals surface area (Å²) in [6, 6.07) is 2.64. The van der Waals surface area contributed by atoms with Crippen LogP contribution in [0, 0.1) is 5.82 Å². The van der Waals surface area contributed by atoms with Crippen LogP contribution in [0.1, 0.15) is 0 Å². The van der Waals surface area contributed by atoms with E-state index >= 15 is 0 Å². The number of rotatable bonds is 1. The zero-order valence-corrected chi connectivity index (χ0v) is 6.74. The third kappa shape index (κ3) is 1.54. The number of hydrogen-bond acceptors (Lipinski definition) is 2. The van der Waals surface area contributed by atoms with Crippen LogP contribution in [-0.4, -0.2) is 7.05 Å². The number of anilines is 2.